The van der Waals surface area contributed by atoms with Gasteiger partial charge in [-0.25, -0.2) is 4.98 Å². The number of thioether (sulfide) groups is 1. The maximum absolute atomic E-state index is 12.6. The zero-order valence-corrected chi connectivity index (χ0v) is 14.0. The molecule has 0 aliphatic carbocycles. The van der Waals surface area contributed by atoms with Crippen molar-refractivity contribution in [2.45, 2.75) is 11.6 Å². The lowest BCUT2D eigenvalue weighted by Crippen LogP contribution is -2.27. The largest absolute Gasteiger partial charge is 0.337 e. The van der Waals surface area contributed by atoms with E-state index in [2.05, 4.69) is 20.1 Å². The van der Waals surface area contributed by atoms with Gasteiger partial charge in [0.05, 0.1) is 12.1 Å². The maximum atomic E-state index is 12.6. The minimum Gasteiger partial charge on any atom is -0.337 e. The van der Waals surface area contributed by atoms with Crippen LogP contribution in [0.4, 0.5) is 0 Å². The molecular formula is C16H15N5O2S. The molecule has 3 heterocycles. The molecular weight excluding hydrogens is 326 g/mol. The number of carbonyl (C=O) groups is 1. The van der Waals surface area contributed by atoms with E-state index < -0.39 is 0 Å². The lowest BCUT2D eigenvalue weighted by molar-refractivity contribution is 0.0765. The summed E-state index contributed by atoms with van der Waals surface area (Å²) >= 11 is 1.43. The lowest BCUT2D eigenvalue weighted by atomic mass is 10.2. The third-order valence-corrected chi connectivity index (χ3v) is 4.03. The van der Waals surface area contributed by atoms with E-state index in [9.17, 15) is 4.79 Å². The van der Waals surface area contributed by atoms with Gasteiger partial charge >= 0.3 is 0 Å². The molecule has 0 atom stereocenters. The molecule has 0 spiro atoms. The average molecular weight is 341 g/mol. The van der Waals surface area contributed by atoms with Gasteiger partial charge in [-0.05, 0) is 30.5 Å². The second-order valence-electron chi connectivity index (χ2n) is 4.97. The van der Waals surface area contributed by atoms with Crippen LogP contribution >= 0.6 is 11.8 Å². The molecule has 0 saturated carbocycles. The molecule has 0 radical (unpaired) electrons. The molecule has 0 unspecified atom stereocenters. The van der Waals surface area contributed by atoms with Crippen molar-refractivity contribution in [2.24, 2.45) is 0 Å². The van der Waals surface area contributed by atoms with Crippen LogP contribution in [0.1, 0.15) is 16.2 Å². The molecule has 1 amide bonds. The first-order valence-electron chi connectivity index (χ1n) is 7.16. The van der Waals surface area contributed by atoms with Crippen LogP contribution in [0, 0.1) is 0 Å². The van der Waals surface area contributed by atoms with Crippen molar-refractivity contribution in [3.63, 3.8) is 0 Å². The second kappa shape index (κ2) is 7.22. The number of aromatic nitrogens is 4. The summed E-state index contributed by atoms with van der Waals surface area (Å²) in [6.07, 6.45) is 6.88. The summed E-state index contributed by atoms with van der Waals surface area (Å²) in [6.45, 7) is 0.222. The molecule has 0 N–H and O–H groups in total. The Morgan fingerprint density at radius 1 is 1.25 bits per heavy atom. The fraction of sp³-hybridized carbons (Fsp3) is 0.188. The van der Waals surface area contributed by atoms with Crippen LogP contribution in [0.25, 0.3) is 11.4 Å². The number of nitrogens with zero attached hydrogens (tertiary/aromatic N) is 5. The predicted molar refractivity (Wildman–Crippen MR) is 89.3 cm³/mol. The molecule has 0 fully saturated rings. The van der Waals surface area contributed by atoms with Crippen molar-refractivity contribution in [3.05, 3.63) is 54.3 Å². The minimum atomic E-state index is -0.142. The molecule has 0 aliphatic heterocycles. The van der Waals surface area contributed by atoms with Gasteiger partial charge in [0.2, 0.25) is 11.7 Å². The van der Waals surface area contributed by atoms with E-state index in [-0.39, 0.29) is 12.5 Å². The molecule has 3 aromatic rings. The summed E-state index contributed by atoms with van der Waals surface area (Å²) in [4.78, 5) is 26.6. The molecule has 0 aromatic carbocycles. The summed E-state index contributed by atoms with van der Waals surface area (Å²) in [5, 5.41) is 4.63. The van der Waals surface area contributed by atoms with Crippen LogP contribution in [-0.2, 0) is 6.54 Å². The Morgan fingerprint density at radius 3 is 2.79 bits per heavy atom. The Morgan fingerprint density at radius 2 is 2.04 bits per heavy atom. The number of amides is 1. The first-order chi connectivity index (χ1) is 11.7. The molecule has 3 rings (SSSR count). The molecule has 0 bridgehead atoms. The highest BCUT2D eigenvalue weighted by molar-refractivity contribution is 7.98. The van der Waals surface area contributed by atoms with Gasteiger partial charge in [0.25, 0.3) is 5.91 Å². The number of hydrogen-bond donors (Lipinski definition) is 0. The highest BCUT2D eigenvalue weighted by Gasteiger charge is 2.19. The van der Waals surface area contributed by atoms with Crippen molar-refractivity contribution < 1.29 is 9.32 Å². The zero-order valence-electron chi connectivity index (χ0n) is 13.2. The van der Waals surface area contributed by atoms with Crippen molar-refractivity contribution >= 4 is 17.7 Å². The van der Waals surface area contributed by atoms with Gasteiger partial charge in [0.15, 0.2) is 0 Å². The van der Waals surface area contributed by atoms with Crippen LogP contribution in [-0.4, -0.2) is 44.2 Å². The van der Waals surface area contributed by atoms with E-state index in [1.54, 1.807) is 49.9 Å². The average Bonchev–Trinajstić information content (AvgIpc) is 3.10. The summed E-state index contributed by atoms with van der Waals surface area (Å²) in [5.41, 5.74) is 1.37. The van der Waals surface area contributed by atoms with Crippen LogP contribution in [0.3, 0.4) is 0 Å². The van der Waals surface area contributed by atoms with Crippen LogP contribution in [0.2, 0.25) is 0 Å². The summed E-state index contributed by atoms with van der Waals surface area (Å²) in [5.74, 6) is 0.697. The fourth-order valence-electron chi connectivity index (χ4n) is 2.13. The van der Waals surface area contributed by atoms with E-state index >= 15 is 0 Å². The highest BCUT2D eigenvalue weighted by Crippen LogP contribution is 2.19. The van der Waals surface area contributed by atoms with Crippen molar-refractivity contribution in [1.82, 2.24) is 25.0 Å². The Kier molecular flexibility index (Phi) is 4.85. The minimum absolute atomic E-state index is 0.142. The van der Waals surface area contributed by atoms with Gasteiger partial charge in [-0.3, -0.25) is 9.78 Å². The molecule has 122 valence electrons. The van der Waals surface area contributed by atoms with Gasteiger partial charge in [0.1, 0.15) is 5.03 Å². The number of pyridine rings is 2. The third-order valence-electron chi connectivity index (χ3n) is 3.32. The standard InChI is InChI=1S/C16H15N5O2S/c1-21(16(22)12-4-3-7-18-15(12)24-2)10-13-19-14(20-23-13)11-5-8-17-9-6-11/h3-9H,10H2,1-2H3. The van der Waals surface area contributed by atoms with E-state index in [1.807, 2.05) is 6.26 Å². The molecule has 0 saturated heterocycles. The molecule has 24 heavy (non-hydrogen) atoms. The quantitative estimate of drug-likeness (QED) is 0.659. The van der Waals surface area contributed by atoms with Gasteiger partial charge < -0.3 is 9.42 Å². The lowest BCUT2D eigenvalue weighted by Gasteiger charge is -2.15. The molecule has 3 aromatic heterocycles. The van der Waals surface area contributed by atoms with Gasteiger partial charge in [-0.2, -0.15) is 4.98 Å². The Labute approximate surface area is 143 Å². The van der Waals surface area contributed by atoms with E-state index in [1.165, 1.54) is 16.7 Å². The van der Waals surface area contributed by atoms with Crippen molar-refractivity contribution in [3.8, 4) is 11.4 Å². The van der Waals surface area contributed by atoms with Gasteiger partial charge in [-0.1, -0.05) is 5.16 Å². The predicted octanol–water partition coefficient (Wildman–Crippen LogP) is 2.52. The summed E-state index contributed by atoms with van der Waals surface area (Å²) in [7, 11) is 1.69. The number of rotatable bonds is 5. The second-order valence-corrected chi connectivity index (χ2v) is 5.76. The molecule has 7 nitrogen and oxygen atoms in total. The number of hydrogen-bond acceptors (Lipinski definition) is 7. The number of carbonyl (C=O) groups excluding carboxylic acids is 1. The molecule has 0 aliphatic rings. The smallest absolute Gasteiger partial charge is 0.256 e. The van der Waals surface area contributed by atoms with E-state index in [4.69, 9.17) is 4.52 Å². The summed E-state index contributed by atoms with van der Waals surface area (Å²) < 4.78 is 5.24. The van der Waals surface area contributed by atoms with Gasteiger partial charge in [0, 0.05) is 31.2 Å². The zero-order chi connectivity index (χ0) is 16.9. The molecule has 8 heteroatoms. The maximum Gasteiger partial charge on any atom is 0.256 e. The van der Waals surface area contributed by atoms with Gasteiger partial charge in [-0.15, -0.1) is 11.8 Å². The van der Waals surface area contributed by atoms with Crippen LogP contribution < -0.4 is 0 Å². The summed E-state index contributed by atoms with van der Waals surface area (Å²) in [6, 6.07) is 7.09. The SMILES string of the molecule is CSc1ncccc1C(=O)N(C)Cc1nc(-c2ccncc2)no1. The van der Waals surface area contributed by atoms with Crippen molar-refractivity contribution in [1.29, 1.82) is 0 Å². The van der Waals surface area contributed by atoms with E-state index in [0.29, 0.717) is 22.3 Å². The van der Waals surface area contributed by atoms with Crippen LogP contribution in [0.5, 0.6) is 0 Å². The Balaban J connectivity index is 1.74. The third kappa shape index (κ3) is 3.43. The Hall–Kier alpha value is -2.74. The monoisotopic (exact) mass is 341 g/mol. The Bertz CT molecular complexity index is 837. The first kappa shape index (κ1) is 16.1. The van der Waals surface area contributed by atoms with Crippen molar-refractivity contribution in [2.75, 3.05) is 13.3 Å². The first-order valence-corrected chi connectivity index (χ1v) is 8.39. The highest BCUT2D eigenvalue weighted by atomic mass is 32.2. The topological polar surface area (TPSA) is 85.0 Å². The van der Waals surface area contributed by atoms with E-state index in [0.717, 1.165) is 5.56 Å². The normalized spacial score (nSPS) is 10.6. The fourth-order valence-corrected chi connectivity index (χ4v) is 2.68. The van der Waals surface area contributed by atoms with Crippen LogP contribution in [0.15, 0.2) is 52.4 Å².